The quantitative estimate of drug-likeness (QED) is 0.494. The minimum absolute atomic E-state index is 0.0925. The molecule has 1 unspecified atom stereocenters. The highest BCUT2D eigenvalue weighted by Crippen LogP contribution is 2.37. The van der Waals surface area contributed by atoms with Gasteiger partial charge in [0, 0.05) is 27.9 Å². The number of hydrogen-bond acceptors (Lipinski definition) is 2. The van der Waals surface area contributed by atoms with E-state index in [-0.39, 0.29) is 11.1 Å². The third kappa shape index (κ3) is 5.96. The molecule has 1 aromatic carbocycles. The standard InChI is InChI=1S/C19H28BrClN2OSi/c1-19(2,3)25(4,5)24-13-18(14-7-6-8-16(21)9-14)23-12-17-10-15(20)11-22-17/h6-11,18,22-23H,12-13H2,1-5H3. The lowest BCUT2D eigenvalue weighted by molar-refractivity contribution is 0.243. The molecule has 0 aliphatic heterocycles. The maximum atomic E-state index is 6.46. The molecule has 0 spiro atoms. The van der Waals surface area contributed by atoms with Crippen molar-refractivity contribution in [2.45, 2.75) is 51.5 Å². The zero-order valence-corrected chi connectivity index (χ0v) is 19.0. The minimum atomic E-state index is -1.81. The van der Waals surface area contributed by atoms with Gasteiger partial charge in [0.2, 0.25) is 0 Å². The molecular formula is C19H28BrClN2OSi. The Balaban J connectivity index is 2.11. The van der Waals surface area contributed by atoms with Crippen LogP contribution in [0, 0.1) is 0 Å². The molecule has 3 nitrogen and oxygen atoms in total. The highest BCUT2D eigenvalue weighted by atomic mass is 79.9. The first-order valence-corrected chi connectivity index (χ1v) is 12.6. The van der Waals surface area contributed by atoms with Gasteiger partial charge in [-0.05, 0) is 57.8 Å². The van der Waals surface area contributed by atoms with Crippen LogP contribution in [-0.2, 0) is 11.0 Å². The summed E-state index contributed by atoms with van der Waals surface area (Å²) in [6.07, 6.45) is 1.94. The van der Waals surface area contributed by atoms with Crippen LogP contribution in [0.25, 0.3) is 0 Å². The molecule has 0 saturated carbocycles. The average Bonchev–Trinajstić information content (AvgIpc) is 2.91. The Hall–Kier alpha value is -0.593. The van der Waals surface area contributed by atoms with Gasteiger partial charge in [-0.3, -0.25) is 0 Å². The van der Waals surface area contributed by atoms with Crippen molar-refractivity contribution in [3.05, 3.63) is 57.3 Å². The maximum absolute atomic E-state index is 6.46. The second-order valence-corrected chi connectivity index (χ2v) is 14.1. The molecule has 0 bridgehead atoms. The Bertz CT molecular complexity index is 697. The van der Waals surface area contributed by atoms with E-state index in [9.17, 15) is 0 Å². The lowest BCUT2D eigenvalue weighted by Crippen LogP contribution is -2.43. The van der Waals surface area contributed by atoms with E-state index in [4.69, 9.17) is 16.0 Å². The number of hydrogen-bond donors (Lipinski definition) is 2. The Kier molecular flexibility index (Phi) is 6.96. The molecule has 138 valence electrons. The van der Waals surface area contributed by atoms with Gasteiger partial charge in [-0.15, -0.1) is 0 Å². The molecule has 1 heterocycles. The molecule has 6 heteroatoms. The van der Waals surface area contributed by atoms with Crippen molar-refractivity contribution in [3.8, 4) is 0 Å². The van der Waals surface area contributed by atoms with Gasteiger partial charge in [0.15, 0.2) is 8.32 Å². The molecule has 2 N–H and O–H groups in total. The highest BCUT2D eigenvalue weighted by molar-refractivity contribution is 9.10. The predicted molar refractivity (Wildman–Crippen MR) is 113 cm³/mol. The van der Waals surface area contributed by atoms with Gasteiger partial charge in [-0.25, -0.2) is 0 Å². The molecule has 0 radical (unpaired) electrons. The van der Waals surface area contributed by atoms with Crippen LogP contribution in [0.15, 0.2) is 41.0 Å². The topological polar surface area (TPSA) is 37.0 Å². The smallest absolute Gasteiger partial charge is 0.192 e. The molecule has 25 heavy (non-hydrogen) atoms. The molecule has 1 aromatic heterocycles. The zero-order valence-electron chi connectivity index (χ0n) is 15.6. The summed E-state index contributed by atoms with van der Waals surface area (Å²) in [4.78, 5) is 3.25. The van der Waals surface area contributed by atoms with Crippen LogP contribution in [-0.4, -0.2) is 19.9 Å². The summed E-state index contributed by atoms with van der Waals surface area (Å²) in [6.45, 7) is 12.7. The number of rotatable bonds is 7. The second kappa shape index (κ2) is 8.40. The monoisotopic (exact) mass is 442 g/mol. The van der Waals surface area contributed by atoms with Crippen molar-refractivity contribution < 1.29 is 4.43 Å². The Morgan fingerprint density at radius 3 is 2.56 bits per heavy atom. The summed E-state index contributed by atoms with van der Waals surface area (Å²) in [5.74, 6) is 0. The first-order chi connectivity index (χ1) is 11.6. The van der Waals surface area contributed by atoms with Crippen LogP contribution in [0.4, 0.5) is 0 Å². The van der Waals surface area contributed by atoms with E-state index in [0.717, 1.165) is 27.3 Å². The normalized spacial score (nSPS) is 13.9. The number of halogens is 2. The van der Waals surface area contributed by atoms with Crippen molar-refractivity contribution in [2.24, 2.45) is 0 Å². The Morgan fingerprint density at radius 1 is 1.28 bits per heavy atom. The van der Waals surface area contributed by atoms with Gasteiger partial charge in [-0.1, -0.05) is 44.5 Å². The van der Waals surface area contributed by atoms with E-state index >= 15 is 0 Å². The van der Waals surface area contributed by atoms with Crippen LogP contribution in [0.5, 0.6) is 0 Å². The molecular weight excluding hydrogens is 416 g/mol. The van der Waals surface area contributed by atoms with Gasteiger partial charge in [0.25, 0.3) is 0 Å². The number of aromatic amines is 1. The number of benzene rings is 1. The summed E-state index contributed by atoms with van der Waals surface area (Å²) >= 11 is 9.68. The lowest BCUT2D eigenvalue weighted by atomic mass is 10.1. The van der Waals surface area contributed by atoms with Gasteiger partial charge >= 0.3 is 0 Å². The first kappa shape index (κ1) is 20.7. The third-order valence-electron chi connectivity index (χ3n) is 4.91. The molecule has 0 amide bonds. The highest BCUT2D eigenvalue weighted by Gasteiger charge is 2.37. The summed E-state index contributed by atoms with van der Waals surface area (Å²) in [6, 6.07) is 10.2. The number of H-pyrrole nitrogens is 1. The molecule has 2 rings (SSSR count). The van der Waals surface area contributed by atoms with E-state index < -0.39 is 8.32 Å². The van der Waals surface area contributed by atoms with Gasteiger partial charge < -0.3 is 14.7 Å². The van der Waals surface area contributed by atoms with Gasteiger partial charge in [0.05, 0.1) is 12.6 Å². The van der Waals surface area contributed by atoms with Crippen LogP contribution < -0.4 is 5.32 Å². The molecule has 0 aliphatic rings. The fraction of sp³-hybridized carbons (Fsp3) is 0.474. The van der Waals surface area contributed by atoms with E-state index in [2.05, 4.69) is 72.2 Å². The summed E-state index contributed by atoms with van der Waals surface area (Å²) in [7, 11) is -1.81. The molecule has 2 aromatic rings. The summed E-state index contributed by atoms with van der Waals surface area (Å²) < 4.78 is 7.51. The average molecular weight is 444 g/mol. The SMILES string of the molecule is CC(C)(C)[Si](C)(C)OCC(NCc1cc(Br)c[nH]1)c1cccc(Cl)c1. The van der Waals surface area contributed by atoms with E-state index in [1.165, 1.54) is 0 Å². The predicted octanol–water partition coefficient (Wildman–Crippen LogP) is 6.28. The van der Waals surface area contributed by atoms with Crippen molar-refractivity contribution in [3.63, 3.8) is 0 Å². The second-order valence-electron chi connectivity index (χ2n) is 7.90. The van der Waals surface area contributed by atoms with Crippen molar-refractivity contribution in [1.82, 2.24) is 10.3 Å². The van der Waals surface area contributed by atoms with Crippen LogP contribution in [0.2, 0.25) is 23.2 Å². The van der Waals surface area contributed by atoms with Crippen molar-refractivity contribution >= 4 is 35.8 Å². The van der Waals surface area contributed by atoms with Crippen molar-refractivity contribution in [2.75, 3.05) is 6.61 Å². The largest absolute Gasteiger partial charge is 0.415 e. The summed E-state index contributed by atoms with van der Waals surface area (Å²) in [5, 5.41) is 4.54. The van der Waals surface area contributed by atoms with Crippen LogP contribution in [0.1, 0.15) is 38.1 Å². The molecule has 0 saturated heterocycles. The zero-order chi connectivity index (χ0) is 18.7. The fourth-order valence-electron chi connectivity index (χ4n) is 2.25. The minimum Gasteiger partial charge on any atom is -0.415 e. The van der Waals surface area contributed by atoms with Crippen LogP contribution >= 0.6 is 27.5 Å². The number of aromatic nitrogens is 1. The summed E-state index contributed by atoms with van der Waals surface area (Å²) in [5.41, 5.74) is 2.28. The lowest BCUT2D eigenvalue weighted by Gasteiger charge is -2.37. The molecule has 0 aliphatic carbocycles. The van der Waals surface area contributed by atoms with Crippen molar-refractivity contribution in [1.29, 1.82) is 0 Å². The first-order valence-electron chi connectivity index (χ1n) is 8.54. The molecule has 0 fully saturated rings. The third-order valence-corrected chi connectivity index (χ3v) is 10.1. The fourth-order valence-corrected chi connectivity index (χ4v) is 3.86. The number of nitrogens with one attached hydrogen (secondary N) is 2. The van der Waals surface area contributed by atoms with Gasteiger partial charge in [-0.2, -0.15) is 0 Å². The Morgan fingerprint density at radius 2 is 2.00 bits per heavy atom. The van der Waals surface area contributed by atoms with E-state index in [1.807, 2.05) is 24.4 Å². The Labute approximate surface area is 165 Å². The van der Waals surface area contributed by atoms with Gasteiger partial charge in [0.1, 0.15) is 0 Å². The molecule has 1 atom stereocenters. The maximum Gasteiger partial charge on any atom is 0.192 e. The van der Waals surface area contributed by atoms with E-state index in [1.54, 1.807) is 0 Å². The van der Waals surface area contributed by atoms with E-state index in [0.29, 0.717) is 6.61 Å². The van der Waals surface area contributed by atoms with Crippen LogP contribution in [0.3, 0.4) is 0 Å².